The molecule has 0 spiro atoms. The third-order valence-corrected chi connectivity index (χ3v) is 3.08. The molecule has 0 unspecified atom stereocenters. The predicted octanol–water partition coefficient (Wildman–Crippen LogP) is 3.75. The van der Waals surface area contributed by atoms with Gasteiger partial charge in [-0.2, -0.15) is 0 Å². The van der Waals surface area contributed by atoms with Crippen LogP contribution in [-0.2, 0) is 4.79 Å². The molecule has 0 fully saturated rings. The van der Waals surface area contributed by atoms with E-state index in [1.807, 2.05) is 60.7 Å². The second-order valence-corrected chi connectivity index (χ2v) is 4.66. The second kappa shape index (κ2) is 7.88. The lowest BCUT2D eigenvalue weighted by molar-refractivity contribution is -0.115. The molecule has 0 atom stereocenters. The number of benzene rings is 2. The largest absolute Gasteiger partial charge is 0.497 e. The standard InChI is InChI=1S/C18H19NO3/c1-21-16-11-9-15(10-12-16)19-18(20)8-4-6-14-5-3-7-17(13-14)22-2/h3-7,9-13H,8H2,1-2H3,(H,19,20)/b6-4+. The topological polar surface area (TPSA) is 47.6 Å². The molecular formula is C18H19NO3. The lowest BCUT2D eigenvalue weighted by Crippen LogP contribution is -2.09. The van der Waals surface area contributed by atoms with Gasteiger partial charge in [0.15, 0.2) is 0 Å². The summed E-state index contributed by atoms with van der Waals surface area (Å²) in [5, 5.41) is 2.83. The highest BCUT2D eigenvalue weighted by molar-refractivity contribution is 5.92. The zero-order valence-electron chi connectivity index (χ0n) is 12.7. The summed E-state index contributed by atoms with van der Waals surface area (Å²) in [6.07, 6.45) is 4.03. The van der Waals surface area contributed by atoms with Crippen LogP contribution in [0.1, 0.15) is 12.0 Å². The first-order valence-electron chi connectivity index (χ1n) is 6.96. The van der Waals surface area contributed by atoms with Crippen molar-refractivity contribution in [1.29, 1.82) is 0 Å². The van der Waals surface area contributed by atoms with Crippen LogP contribution in [0.3, 0.4) is 0 Å². The molecule has 0 saturated carbocycles. The summed E-state index contributed by atoms with van der Waals surface area (Å²) in [6, 6.07) is 14.9. The van der Waals surface area contributed by atoms with Crippen LogP contribution < -0.4 is 14.8 Å². The number of methoxy groups -OCH3 is 2. The summed E-state index contributed by atoms with van der Waals surface area (Å²) in [6.45, 7) is 0. The fourth-order valence-electron chi connectivity index (χ4n) is 1.93. The van der Waals surface area contributed by atoms with E-state index >= 15 is 0 Å². The van der Waals surface area contributed by atoms with Gasteiger partial charge in [0.05, 0.1) is 14.2 Å². The SMILES string of the molecule is COc1ccc(NC(=O)C/C=C/c2cccc(OC)c2)cc1. The molecule has 0 heterocycles. The van der Waals surface area contributed by atoms with Gasteiger partial charge in [-0.25, -0.2) is 0 Å². The summed E-state index contributed by atoms with van der Waals surface area (Å²) in [5.74, 6) is 1.49. The summed E-state index contributed by atoms with van der Waals surface area (Å²) in [5.41, 5.74) is 1.75. The number of ether oxygens (including phenoxy) is 2. The Morgan fingerprint density at radius 3 is 2.45 bits per heavy atom. The third kappa shape index (κ3) is 4.66. The number of rotatable bonds is 6. The van der Waals surface area contributed by atoms with Gasteiger partial charge in [-0.15, -0.1) is 0 Å². The van der Waals surface area contributed by atoms with Gasteiger partial charge in [-0.05, 0) is 42.0 Å². The van der Waals surface area contributed by atoms with Gasteiger partial charge in [0, 0.05) is 12.1 Å². The molecule has 4 nitrogen and oxygen atoms in total. The smallest absolute Gasteiger partial charge is 0.228 e. The van der Waals surface area contributed by atoms with Crippen molar-refractivity contribution in [1.82, 2.24) is 0 Å². The minimum absolute atomic E-state index is 0.0655. The fourth-order valence-corrected chi connectivity index (χ4v) is 1.93. The molecule has 2 aromatic rings. The van der Waals surface area contributed by atoms with E-state index in [1.165, 1.54) is 0 Å². The highest BCUT2D eigenvalue weighted by Crippen LogP contribution is 2.16. The molecule has 22 heavy (non-hydrogen) atoms. The number of carbonyl (C=O) groups excluding carboxylic acids is 1. The molecule has 4 heteroatoms. The molecule has 0 saturated heterocycles. The van der Waals surface area contributed by atoms with E-state index in [9.17, 15) is 4.79 Å². The van der Waals surface area contributed by atoms with Crippen LogP contribution in [0.2, 0.25) is 0 Å². The summed E-state index contributed by atoms with van der Waals surface area (Å²) >= 11 is 0. The Balaban J connectivity index is 1.87. The summed E-state index contributed by atoms with van der Waals surface area (Å²) in [4.78, 5) is 11.9. The molecule has 0 aliphatic carbocycles. The van der Waals surface area contributed by atoms with E-state index in [0.29, 0.717) is 6.42 Å². The monoisotopic (exact) mass is 297 g/mol. The molecule has 1 N–H and O–H groups in total. The first-order chi connectivity index (χ1) is 10.7. The van der Waals surface area contributed by atoms with Gasteiger partial charge in [0.25, 0.3) is 0 Å². The van der Waals surface area contributed by atoms with E-state index < -0.39 is 0 Å². The molecule has 114 valence electrons. The Labute approximate surface area is 130 Å². The molecular weight excluding hydrogens is 278 g/mol. The van der Waals surface area contributed by atoms with Crippen LogP contribution in [-0.4, -0.2) is 20.1 Å². The first-order valence-corrected chi connectivity index (χ1v) is 6.96. The van der Waals surface area contributed by atoms with Crippen LogP contribution in [0.25, 0.3) is 6.08 Å². The van der Waals surface area contributed by atoms with Crippen LogP contribution >= 0.6 is 0 Å². The van der Waals surface area contributed by atoms with Crippen molar-refractivity contribution in [3.63, 3.8) is 0 Å². The lowest BCUT2D eigenvalue weighted by Gasteiger charge is -2.04. The Kier molecular flexibility index (Phi) is 5.60. The maximum atomic E-state index is 11.9. The van der Waals surface area contributed by atoms with Gasteiger partial charge in [-0.1, -0.05) is 24.3 Å². The molecule has 2 aromatic carbocycles. The second-order valence-electron chi connectivity index (χ2n) is 4.66. The highest BCUT2D eigenvalue weighted by atomic mass is 16.5. The predicted molar refractivity (Wildman–Crippen MR) is 88.3 cm³/mol. The van der Waals surface area contributed by atoms with Gasteiger partial charge >= 0.3 is 0 Å². The number of hydrogen-bond donors (Lipinski definition) is 1. The fraction of sp³-hybridized carbons (Fsp3) is 0.167. The average molecular weight is 297 g/mol. The number of amides is 1. The van der Waals surface area contributed by atoms with E-state index in [-0.39, 0.29) is 5.91 Å². The molecule has 0 bridgehead atoms. The van der Waals surface area contributed by atoms with Crippen molar-refractivity contribution in [2.45, 2.75) is 6.42 Å². The van der Waals surface area contributed by atoms with Crippen LogP contribution in [0.5, 0.6) is 11.5 Å². The van der Waals surface area contributed by atoms with E-state index in [2.05, 4.69) is 5.32 Å². The lowest BCUT2D eigenvalue weighted by atomic mass is 10.2. The zero-order chi connectivity index (χ0) is 15.8. The van der Waals surface area contributed by atoms with Crippen LogP contribution in [0, 0.1) is 0 Å². The molecule has 2 rings (SSSR count). The van der Waals surface area contributed by atoms with E-state index in [1.54, 1.807) is 14.2 Å². The van der Waals surface area contributed by atoms with Crippen LogP contribution in [0.15, 0.2) is 54.6 Å². The van der Waals surface area contributed by atoms with Crippen LogP contribution in [0.4, 0.5) is 5.69 Å². The van der Waals surface area contributed by atoms with Crippen molar-refractivity contribution in [3.8, 4) is 11.5 Å². The number of anilines is 1. The van der Waals surface area contributed by atoms with Crippen molar-refractivity contribution >= 4 is 17.7 Å². The first kappa shape index (κ1) is 15.6. The maximum Gasteiger partial charge on any atom is 0.228 e. The number of carbonyl (C=O) groups is 1. The minimum atomic E-state index is -0.0655. The Bertz CT molecular complexity index is 648. The summed E-state index contributed by atoms with van der Waals surface area (Å²) in [7, 11) is 3.24. The van der Waals surface area contributed by atoms with Crippen molar-refractivity contribution in [2.24, 2.45) is 0 Å². The summed E-state index contributed by atoms with van der Waals surface area (Å²) < 4.78 is 10.2. The van der Waals surface area contributed by atoms with Gasteiger partial charge in [0.2, 0.25) is 5.91 Å². The molecule has 0 aliphatic heterocycles. The normalized spacial score (nSPS) is 10.5. The molecule has 1 amide bonds. The third-order valence-electron chi connectivity index (χ3n) is 3.08. The van der Waals surface area contributed by atoms with E-state index in [0.717, 1.165) is 22.7 Å². The van der Waals surface area contributed by atoms with E-state index in [4.69, 9.17) is 9.47 Å². The van der Waals surface area contributed by atoms with Gasteiger partial charge in [0.1, 0.15) is 11.5 Å². The molecule has 0 radical (unpaired) electrons. The van der Waals surface area contributed by atoms with Gasteiger partial charge < -0.3 is 14.8 Å². The minimum Gasteiger partial charge on any atom is -0.497 e. The maximum absolute atomic E-state index is 11.9. The molecule has 0 aromatic heterocycles. The Hall–Kier alpha value is -2.75. The van der Waals surface area contributed by atoms with Crippen molar-refractivity contribution < 1.29 is 14.3 Å². The zero-order valence-corrected chi connectivity index (χ0v) is 12.7. The van der Waals surface area contributed by atoms with Gasteiger partial charge in [-0.3, -0.25) is 4.79 Å². The number of nitrogens with one attached hydrogen (secondary N) is 1. The van der Waals surface area contributed by atoms with Crippen molar-refractivity contribution in [3.05, 3.63) is 60.2 Å². The quantitative estimate of drug-likeness (QED) is 0.883. The Morgan fingerprint density at radius 1 is 1.05 bits per heavy atom. The Morgan fingerprint density at radius 2 is 1.77 bits per heavy atom. The average Bonchev–Trinajstić information content (AvgIpc) is 2.56. The highest BCUT2D eigenvalue weighted by Gasteiger charge is 2.00. The molecule has 0 aliphatic rings. The number of hydrogen-bond acceptors (Lipinski definition) is 3. The van der Waals surface area contributed by atoms with Crippen molar-refractivity contribution in [2.75, 3.05) is 19.5 Å².